The van der Waals surface area contributed by atoms with Crippen LogP contribution in [0.3, 0.4) is 0 Å². The van der Waals surface area contributed by atoms with Gasteiger partial charge in [0.25, 0.3) is 11.8 Å². The average Bonchev–Trinajstić information content (AvgIpc) is 4.17. The third-order valence-electron chi connectivity index (χ3n) is 11.4. The van der Waals surface area contributed by atoms with Crippen molar-refractivity contribution in [3.63, 3.8) is 0 Å². The van der Waals surface area contributed by atoms with Crippen LogP contribution in [0.25, 0.3) is 44.1 Å². The molecule has 0 bridgehead atoms. The summed E-state index contributed by atoms with van der Waals surface area (Å²) < 4.78 is 6.24. The maximum atomic E-state index is 14.2. The van der Waals surface area contributed by atoms with E-state index in [1.807, 2.05) is 60.7 Å². The Morgan fingerprint density at radius 1 is 0.463 bits per heavy atom. The SMILES string of the molecule is Nc1c(-c2nnc(-c3cc(NC(=O)c4csc(-c5ccccc5)n4)c4c(c3N)C(=O)c3ccccc3C4=O)o2)cc(NC(=O)c2csc(-c3ccccc3)n2)c2c1C(=O)c1ccccc1C2=O. The zero-order chi connectivity index (χ0) is 46.1. The van der Waals surface area contributed by atoms with E-state index in [9.17, 15) is 28.8 Å². The second kappa shape index (κ2) is 15.9. The standard InChI is InChI=1S/C50H28N8O7S2/c51-39-29(19-31(35-37(39)43(61)27-17-9-7-15-25(27)41(35)59)53-45(63)33-21-66-49(55-33)23-11-3-1-4-12-23)47-57-58-48(65-47)30-20-32(54-46(64)34-22-67-50(56-34)24-13-5-2-6-14-24)36-38(40(30)52)44(62)28-18-10-8-16-26(28)42(36)60/h1-22H,51-52H2,(H,53,63)(H,54,64). The Kier molecular flexibility index (Phi) is 9.64. The van der Waals surface area contributed by atoms with Crippen molar-refractivity contribution in [2.45, 2.75) is 0 Å². The third kappa shape index (κ3) is 6.72. The number of hydrogen-bond donors (Lipinski definition) is 4. The number of hydrogen-bond acceptors (Lipinski definition) is 15. The highest BCUT2D eigenvalue weighted by atomic mass is 32.1. The molecular formula is C50H28N8O7S2. The van der Waals surface area contributed by atoms with Gasteiger partial charge in [0.1, 0.15) is 21.4 Å². The molecule has 0 radical (unpaired) electrons. The highest BCUT2D eigenvalue weighted by Crippen LogP contribution is 2.44. The van der Waals surface area contributed by atoms with Gasteiger partial charge in [-0.3, -0.25) is 28.8 Å². The fourth-order valence-electron chi connectivity index (χ4n) is 8.18. The van der Waals surface area contributed by atoms with E-state index < -0.39 is 34.9 Å². The number of ketones is 4. The number of anilines is 4. The maximum absolute atomic E-state index is 14.2. The van der Waals surface area contributed by atoms with Crippen molar-refractivity contribution in [3.8, 4) is 44.1 Å². The molecular weight excluding hydrogens is 889 g/mol. The topological polar surface area (TPSA) is 243 Å². The largest absolute Gasteiger partial charge is 0.416 e. The fourth-order valence-corrected chi connectivity index (χ4v) is 9.80. The van der Waals surface area contributed by atoms with Gasteiger partial charge in [0.05, 0.1) is 56.1 Å². The summed E-state index contributed by atoms with van der Waals surface area (Å²) in [6, 6.07) is 33.8. The van der Waals surface area contributed by atoms with E-state index in [4.69, 9.17) is 15.9 Å². The summed E-state index contributed by atoms with van der Waals surface area (Å²) >= 11 is 2.50. The van der Waals surface area contributed by atoms with Crippen molar-refractivity contribution in [1.82, 2.24) is 20.2 Å². The van der Waals surface area contributed by atoms with Crippen molar-refractivity contribution in [1.29, 1.82) is 0 Å². The molecule has 2 amide bonds. The first-order valence-electron chi connectivity index (χ1n) is 20.3. The molecule has 0 spiro atoms. The van der Waals surface area contributed by atoms with Gasteiger partial charge < -0.3 is 26.5 Å². The molecule has 0 saturated carbocycles. The molecule has 67 heavy (non-hydrogen) atoms. The van der Waals surface area contributed by atoms with E-state index in [-0.39, 0.29) is 102 Å². The van der Waals surface area contributed by atoms with E-state index in [1.165, 1.54) is 59.1 Å². The van der Waals surface area contributed by atoms with Crippen molar-refractivity contribution in [2.75, 3.05) is 22.1 Å². The van der Waals surface area contributed by atoms with Crippen LogP contribution in [-0.2, 0) is 0 Å². The Labute approximate surface area is 386 Å². The van der Waals surface area contributed by atoms with Crippen LogP contribution in [0.4, 0.5) is 22.7 Å². The molecule has 0 unspecified atom stereocenters. The number of fused-ring (bicyclic) bond motifs is 4. The van der Waals surface area contributed by atoms with Crippen LogP contribution in [0.15, 0.2) is 137 Å². The number of carbonyl (C=O) groups excluding carboxylic acids is 6. The van der Waals surface area contributed by atoms with Gasteiger partial charge in [-0.2, -0.15) is 0 Å². The number of nitrogens with zero attached hydrogens (tertiary/aromatic N) is 4. The number of nitrogens with two attached hydrogens (primary N) is 2. The number of amides is 2. The first-order chi connectivity index (χ1) is 32.5. The van der Waals surface area contributed by atoms with Gasteiger partial charge in [-0.15, -0.1) is 32.9 Å². The Morgan fingerprint density at radius 3 is 1.18 bits per heavy atom. The van der Waals surface area contributed by atoms with Crippen LogP contribution < -0.4 is 22.1 Å². The number of thiazole rings is 2. The molecule has 3 heterocycles. The predicted molar refractivity (Wildman–Crippen MR) is 252 cm³/mol. The highest BCUT2D eigenvalue weighted by molar-refractivity contribution is 7.13. The first-order valence-corrected chi connectivity index (χ1v) is 22.1. The summed E-state index contributed by atoms with van der Waals surface area (Å²) in [5, 5.41) is 18.4. The Bertz CT molecular complexity index is 3400. The van der Waals surface area contributed by atoms with Gasteiger partial charge in [0.2, 0.25) is 11.8 Å². The summed E-state index contributed by atoms with van der Waals surface area (Å²) in [6.07, 6.45) is 0. The molecule has 0 saturated heterocycles. The smallest absolute Gasteiger partial charge is 0.275 e. The zero-order valence-electron chi connectivity index (χ0n) is 34.3. The third-order valence-corrected chi connectivity index (χ3v) is 13.2. The Balaban J connectivity index is 1.02. The van der Waals surface area contributed by atoms with Crippen molar-refractivity contribution in [3.05, 3.63) is 188 Å². The molecule has 9 aromatic rings. The van der Waals surface area contributed by atoms with E-state index in [0.29, 0.717) is 10.0 Å². The van der Waals surface area contributed by atoms with Crippen LogP contribution in [-0.4, -0.2) is 55.1 Å². The minimum Gasteiger partial charge on any atom is -0.416 e. The average molecular weight is 917 g/mol. The van der Waals surface area contributed by atoms with Gasteiger partial charge in [-0.1, -0.05) is 109 Å². The lowest BCUT2D eigenvalue weighted by Gasteiger charge is -2.23. The predicted octanol–water partition coefficient (Wildman–Crippen LogP) is 8.87. The lowest BCUT2D eigenvalue weighted by Crippen LogP contribution is -2.25. The maximum Gasteiger partial charge on any atom is 0.275 e. The van der Waals surface area contributed by atoms with Crippen LogP contribution in [0, 0.1) is 0 Å². The zero-order valence-corrected chi connectivity index (χ0v) is 36.0. The second-order valence-corrected chi connectivity index (χ2v) is 17.0. The summed E-state index contributed by atoms with van der Waals surface area (Å²) in [4.78, 5) is 93.7. The summed E-state index contributed by atoms with van der Waals surface area (Å²) in [7, 11) is 0. The van der Waals surface area contributed by atoms with Crippen LogP contribution >= 0.6 is 22.7 Å². The van der Waals surface area contributed by atoms with E-state index in [2.05, 4.69) is 30.8 Å². The van der Waals surface area contributed by atoms with Crippen LogP contribution in [0.2, 0.25) is 0 Å². The van der Waals surface area contributed by atoms with Crippen molar-refractivity contribution < 1.29 is 33.2 Å². The lowest BCUT2D eigenvalue weighted by molar-refractivity contribution is 0.0979. The lowest BCUT2D eigenvalue weighted by atomic mass is 9.81. The highest BCUT2D eigenvalue weighted by Gasteiger charge is 2.38. The molecule has 0 aliphatic heterocycles. The molecule has 2 aliphatic rings. The monoisotopic (exact) mass is 916 g/mol. The molecule has 0 fully saturated rings. The van der Waals surface area contributed by atoms with Crippen LogP contribution in [0.1, 0.15) is 84.7 Å². The van der Waals surface area contributed by atoms with Crippen molar-refractivity contribution in [2.24, 2.45) is 0 Å². The molecule has 11 rings (SSSR count). The van der Waals surface area contributed by atoms with Gasteiger partial charge in [0, 0.05) is 44.1 Å². The van der Waals surface area contributed by atoms with E-state index in [0.717, 1.165) is 11.1 Å². The fraction of sp³-hybridized carbons (Fsp3) is 0. The van der Waals surface area contributed by atoms with Gasteiger partial charge in [-0.05, 0) is 12.1 Å². The van der Waals surface area contributed by atoms with Gasteiger partial charge >= 0.3 is 0 Å². The number of aromatic nitrogens is 4. The molecule has 6 aromatic carbocycles. The first kappa shape index (κ1) is 40.7. The summed E-state index contributed by atoms with van der Waals surface area (Å²) in [5.41, 5.74) is 14.4. The number of rotatable bonds is 8. The number of nitrogen functional groups attached to an aromatic ring is 2. The quantitative estimate of drug-likeness (QED) is 0.104. The van der Waals surface area contributed by atoms with E-state index in [1.54, 1.807) is 35.0 Å². The van der Waals surface area contributed by atoms with Crippen molar-refractivity contribution >= 4 is 80.4 Å². The second-order valence-electron chi connectivity index (χ2n) is 15.3. The Hall–Kier alpha value is -9.06. The molecule has 15 nitrogen and oxygen atoms in total. The molecule has 0 atom stereocenters. The van der Waals surface area contributed by atoms with Gasteiger partial charge in [0.15, 0.2) is 23.1 Å². The molecule has 17 heteroatoms. The molecule has 2 aliphatic carbocycles. The Morgan fingerprint density at radius 2 is 0.806 bits per heavy atom. The summed E-state index contributed by atoms with van der Waals surface area (Å²) in [6.45, 7) is 0. The number of nitrogens with one attached hydrogen (secondary N) is 2. The number of carbonyl (C=O) groups is 6. The molecule has 3 aromatic heterocycles. The molecule has 6 N–H and O–H groups in total. The minimum absolute atomic E-state index is 0.0282. The number of benzene rings is 6. The summed E-state index contributed by atoms with van der Waals surface area (Å²) in [5.74, 6) is -4.16. The van der Waals surface area contributed by atoms with Gasteiger partial charge in [-0.25, -0.2) is 9.97 Å². The van der Waals surface area contributed by atoms with E-state index >= 15 is 0 Å². The normalized spacial score (nSPS) is 12.5. The molecule has 322 valence electrons. The van der Waals surface area contributed by atoms with Crippen LogP contribution in [0.5, 0.6) is 0 Å². The minimum atomic E-state index is -0.673.